The maximum atomic E-state index is 8.71. The molecule has 24 heavy (non-hydrogen) atoms. The Labute approximate surface area is 150 Å². The van der Waals surface area contributed by atoms with Gasteiger partial charge in [-0.3, -0.25) is 0 Å². The van der Waals surface area contributed by atoms with E-state index in [0.717, 1.165) is 24.6 Å². The van der Waals surface area contributed by atoms with Crippen molar-refractivity contribution in [2.75, 3.05) is 37.0 Å². The average Bonchev–Trinajstić information content (AvgIpc) is 2.61. The highest BCUT2D eigenvalue weighted by Gasteiger charge is 2.09. The summed E-state index contributed by atoms with van der Waals surface area (Å²) in [5.41, 5.74) is 0. The Kier molecular flexibility index (Phi) is 17.3. The number of hydrogen-bond donors (Lipinski definition) is 0. The lowest BCUT2D eigenvalue weighted by molar-refractivity contribution is 0.706. The smallest absolute Gasteiger partial charge is 0.0625 e. The minimum Gasteiger partial charge on any atom is -0.198 e. The molecule has 0 aromatic rings. The van der Waals surface area contributed by atoms with Crippen LogP contribution < -0.4 is 0 Å². The molecule has 0 aromatic heterocycles. The lowest BCUT2D eigenvalue weighted by Gasteiger charge is -2.16. The molecule has 0 saturated heterocycles. The summed E-state index contributed by atoms with van der Waals surface area (Å²) in [5.74, 6) is 0. The molecule has 0 rings (SSSR count). The van der Waals surface area contributed by atoms with Gasteiger partial charge in [0.25, 0.3) is 0 Å². The highest BCUT2D eigenvalue weighted by Crippen LogP contribution is 2.39. The molecule has 6 heteroatoms. The normalized spacial score (nSPS) is 10.1. The second-order valence-corrected chi connectivity index (χ2v) is 11.1. The van der Waals surface area contributed by atoms with Crippen LogP contribution >= 0.6 is 15.8 Å². The first kappa shape index (κ1) is 22.8. The summed E-state index contributed by atoms with van der Waals surface area (Å²) in [6, 6.07) is 8.88. The molecule has 130 valence electrons. The van der Waals surface area contributed by atoms with Crippen LogP contribution in [0.25, 0.3) is 0 Å². The van der Waals surface area contributed by atoms with Crippen LogP contribution in [0.1, 0.15) is 51.4 Å². The van der Waals surface area contributed by atoms with Crippen molar-refractivity contribution < 1.29 is 0 Å². The Morgan fingerprint density at radius 2 is 0.708 bits per heavy atom. The Morgan fingerprint density at radius 3 is 0.958 bits per heavy atom. The molecule has 0 N–H and O–H groups in total. The average molecular weight is 362 g/mol. The molecular formula is C18H28N4P2. The molecule has 0 spiro atoms. The monoisotopic (exact) mass is 362 g/mol. The van der Waals surface area contributed by atoms with Gasteiger partial charge in [0.1, 0.15) is 0 Å². The molecule has 0 aromatic carbocycles. The summed E-state index contributed by atoms with van der Waals surface area (Å²) in [6.45, 7) is 0. The lowest BCUT2D eigenvalue weighted by atomic mass is 10.2. The number of unbranched alkanes of at least 4 members (excludes halogenated alkanes) is 3. The van der Waals surface area contributed by atoms with E-state index >= 15 is 0 Å². The summed E-state index contributed by atoms with van der Waals surface area (Å²) in [7, 11) is -0.270. The van der Waals surface area contributed by atoms with E-state index in [1.807, 2.05) is 0 Å². The Bertz CT molecular complexity index is 387. The highest BCUT2D eigenvalue weighted by atomic mass is 31.1. The van der Waals surface area contributed by atoms with E-state index in [4.69, 9.17) is 21.0 Å². The molecule has 0 fully saturated rings. The largest absolute Gasteiger partial charge is 0.198 e. The topological polar surface area (TPSA) is 95.2 Å². The minimum atomic E-state index is -0.135. The van der Waals surface area contributed by atoms with E-state index in [2.05, 4.69) is 24.3 Å². The van der Waals surface area contributed by atoms with Crippen LogP contribution in [0, 0.1) is 45.3 Å². The van der Waals surface area contributed by atoms with Gasteiger partial charge in [0.15, 0.2) is 0 Å². The van der Waals surface area contributed by atoms with Crippen molar-refractivity contribution in [1.29, 1.82) is 21.0 Å². The van der Waals surface area contributed by atoms with Gasteiger partial charge in [-0.05, 0) is 49.8 Å². The van der Waals surface area contributed by atoms with E-state index in [9.17, 15) is 0 Å². The van der Waals surface area contributed by atoms with Gasteiger partial charge < -0.3 is 0 Å². The van der Waals surface area contributed by atoms with Crippen LogP contribution in [0.5, 0.6) is 0 Å². The molecule has 0 atom stereocenters. The quantitative estimate of drug-likeness (QED) is 0.297. The molecule has 0 radical (unpaired) electrons. The molecule has 0 aliphatic heterocycles. The summed E-state index contributed by atoms with van der Waals surface area (Å²) < 4.78 is 0. The summed E-state index contributed by atoms with van der Waals surface area (Å²) >= 11 is 0. The van der Waals surface area contributed by atoms with Gasteiger partial charge in [-0.1, -0.05) is 12.8 Å². The number of rotatable bonds is 15. The van der Waals surface area contributed by atoms with Crippen molar-refractivity contribution in [2.24, 2.45) is 0 Å². The number of nitriles is 4. The van der Waals surface area contributed by atoms with E-state index in [-0.39, 0.29) is 15.8 Å². The van der Waals surface area contributed by atoms with E-state index in [1.54, 1.807) is 0 Å². The SMILES string of the molecule is N#CCCP(CCC#N)CCCCCCP(CCC#N)CCC#N. The van der Waals surface area contributed by atoms with Crippen molar-refractivity contribution in [2.45, 2.75) is 51.4 Å². The lowest BCUT2D eigenvalue weighted by Crippen LogP contribution is -1.97. The maximum Gasteiger partial charge on any atom is 0.0625 e. The Hall–Kier alpha value is -1.18. The van der Waals surface area contributed by atoms with Crippen molar-refractivity contribution in [1.82, 2.24) is 0 Å². The van der Waals surface area contributed by atoms with Crippen molar-refractivity contribution >= 4 is 15.8 Å². The van der Waals surface area contributed by atoms with Gasteiger partial charge in [0.2, 0.25) is 0 Å². The third-order valence-electron chi connectivity index (χ3n) is 3.86. The third-order valence-corrected chi connectivity index (χ3v) is 9.18. The van der Waals surface area contributed by atoms with Crippen LogP contribution in [-0.4, -0.2) is 37.0 Å². The van der Waals surface area contributed by atoms with Gasteiger partial charge in [0.05, 0.1) is 24.3 Å². The van der Waals surface area contributed by atoms with Crippen molar-refractivity contribution in [3.63, 3.8) is 0 Å². The van der Waals surface area contributed by atoms with Crippen LogP contribution in [0.3, 0.4) is 0 Å². The first-order chi connectivity index (χ1) is 11.8. The van der Waals surface area contributed by atoms with Crippen LogP contribution in [0.2, 0.25) is 0 Å². The van der Waals surface area contributed by atoms with Gasteiger partial charge in [0, 0.05) is 25.7 Å². The third kappa shape index (κ3) is 14.4. The fraction of sp³-hybridized carbons (Fsp3) is 0.778. The fourth-order valence-corrected chi connectivity index (χ4v) is 6.88. The zero-order valence-electron chi connectivity index (χ0n) is 14.6. The summed E-state index contributed by atoms with van der Waals surface area (Å²) in [5, 5.41) is 34.9. The maximum absolute atomic E-state index is 8.71. The first-order valence-corrected chi connectivity index (χ1v) is 12.5. The first-order valence-electron chi connectivity index (χ1n) is 8.71. The Balaban J connectivity index is 3.84. The minimum absolute atomic E-state index is 0.135. The van der Waals surface area contributed by atoms with Crippen molar-refractivity contribution in [3.05, 3.63) is 0 Å². The van der Waals surface area contributed by atoms with E-state index < -0.39 is 0 Å². The molecule has 0 heterocycles. The standard InChI is InChI=1S/C18H28N4P2/c19-9-5-15-23(16-6-10-20)13-3-1-2-4-14-24(17-7-11-21)18-8-12-22/h1-8,13-18H2. The molecule has 0 aliphatic rings. The van der Waals surface area contributed by atoms with Crippen molar-refractivity contribution in [3.8, 4) is 24.3 Å². The molecule has 0 aliphatic carbocycles. The molecule has 4 nitrogen and oxygen atoms in total. The van der Waals surface area contributed by atoms with E-state index in [0.29, 0.717) is 25.7 Å². The summed E-state index contributed by atoms with van der Waals surface area (Å²) in [4.78, 5) is 0. The van der Waals surface area contributed by atoms with Gasteiger partial charge in [-0.15, -0.1) is 15.8 Å². The second-order valence-electron chi connectivity index (χ2n) is 5.73. The number of hydrogen-bond acceptors (Lipinski definition) is 4. The van der Waals surface area contributed by atoms with E-state index in [1.165, 1.54) is 38.0 Å². The number of nitrogens with zero attached hydrogens (tertiary/aromatic N) is 4. The molecule has 0 amide bonds. The molecular weight excluding hydrogens is 334 g/mol. The molecule has 0 unspecified atom stereocenters. The van der Waals surface area contributed by atoms with Crippen LogP contribution in [0.15, 0.2) is 0 Å². The van der Waals surface area contributed by atoms with Gasteiger partial charge >= 0.3 is 0 Å². The zero-order chi connectivity index (χ0) is 17.9. The Morgan fingerprint density at radius 1 is 0.417 bits per heavy atom. The second kappa shape index (κ2) is 18.2. The molecule has 0 saturated carbocycles. The van der Waals surface area contributed by atoms with Gasteiger partial charge in [-0.2, -0.15) is 21.0 Å². The predicted molar refractivity (Wildman–Crippen MR) is 102 cm³/mol. The fourth-order valence-electron chi connectivity index (χ4n) is 2.53. The van der Waals surface area contributed by atoms with Gasteiger partial charge in [-0.25, -0.2) is 0 Å². The zero-order valence-corrected chi connectivity index (χ0v) is 16.4. The van der Waals surface area contributed by atoms with Crippen LogP contribution in [0.4, 0.5) is 0 Å². The summed E-state index contributed by atoms with van der Waals surface area (Å²) in [6.07, 6.45) is 13.7. The predicted octanol–water partition coefficient (Wildman–Crippen LogP) is 5.17. The molecule has 0 bridgehead atoms. The highest BCUT2D eigenvalue weighted by molar-refractivity contribution is 7.57. The van der Waals surface area contributed by atoms with Crippen LogP contribution in [-0.2, 0) is 0 Å².